The van der Waals surface area contributed by atoms with Crippen molar-refractivity contribution in [2.45, 2.75) is 26.6 Å². The standard InChI is InChI=1S/C19H25F2N5O/c1-13-5-6-16(27-18(20)21)15(9-13)12-25-19(22-2)24-11-14-7-8-23-17(10-14)26(3)4/h5-10,18H,11-12H2,1-4H3,(H2,22,24,25). The maximum atomic E-state index is 12.6. The van der Waals surface area contributed by atoms with Crippen LogP contribution in [0, 0.1) is 6.92 Å². The molecule has 1 aromatic carbocycles. The third kappa shape index (κ3) is 6.40. The highest BCUT2D eigenvalue weighted by Gasteiger charge is 2.10. The van der Waals surface area contributed by atoms with Crippen LogP contribution in [0.5, 0.6) is 5.75 Å². The first-order chi connectivity index (χ1) is 12.9. The average molecular weight is 377 g/mol. The zero-order valence-electron chi connectivity index (χ0n) is 16.0. The highest BCUT2D eigenvalue weighted by Crippen LogP contribution is 2.22. The molecule has 0 aliphatic heterocycles. The fourth-order valence-corrected chi connectivity index (χ4v) is 2.46. The Bertz CT molecular complexity index is 780. The highest BCUT2D eigenvalue weighted by molar-refractivity contribution is 5.79. The van der Waals surface area contributed by atoms with Gasteiger partial charge in [0.05, 0.1) is 0 Å². The second kappa shape index (κ2) is 9.70. The Kier molecular flexibility index (Phi) is 7.34. The number of rotatable bonds is 7. The molecule has 0 aliphatic rings. The number of hydrogen-bond acceptors (Lipinski definition) is 4. The summed E-state index contributed by atoms with van der Waals surface area (Å²) in [5.74, 6) is 1.58. The van der Waals surface area contributed by atoms with Crippen LogP contribution in [0.15, 0.2) is 41.5 Å². The highest BCUT2D eigenvalue weighted by atomic mass is 19.3. The smallest absolute Gasteiger partial charge is 0.387 e. The van der Waals surface area contributed by atoms with Gasteiger partial charge in [0.2, 0.25) is 0 Å². The molecule has 146 valence electrons. The first-order valence-corrected chi connectivity index (χ1v) is 8.50. The van der Waals surface area contributed by atoms with Gasteiger partial charge < -0.3 is 20.3 Å². The topological polar surface area (TPSA) is 61.8 Å². The molecule has 0 saturated carbocycles. The minimum atomic E-state index is -2.86. The summed E-state index contributed by atoms with van der Waals surface area (Å²) in [6.45, 7) is -0.101. The Hall–Kier alpha value is -2.90. The lowest BCUT2D eigenvalue weighted by atomic mass is 10.1. The molecule has 0 saturated heterocycles. The summed E-state index contributed by atoms with van der Waals surface area (Å²) in [5.41, 5.74) is 2.65. The van der Waals surface area contributed by atoms with E-state index in [4.69, 9.17) is 0 Å². The molecule has 1 heterocycles. The Morgan fingerprint density at radius 3 is 2.59 bits per heavy atom. The van der Waals surface area contributed by atoms with Crippen LogP contribution in [0.1, 0.15) is 16.7 Å². The van der Waals surface area contributed by atoms with E-state index in [0.717, 1.165) is 16.9 Å². The van der Waals surface area contributed by atoms with Crippen LogP contribution in [0.2, 0.25) is 0 Å². The molecule has 0 bridgehead atoms. The maximum absolute atomic E-state index is 12.6. The van der Waals surface area contributed by atoms with Crippen LogP contribution in [-0.4, -0.2) is 38.7 Å². The Morgan fingerprint density at radius 2 is 1.93 bits per heavy atom. The lowest BCUT2D eigenvalue weighted by Gasteiger charge is -2.16. The van der Waals surface area contributed by atoms with Gasteiger partial charge >= 0.3 is 6.61 Å². The van der Waals surface area contributed by atoms with E-state index in [1.807, 2.05) is 44.1 Å². The van der Waals surface area contributed by atoms with Crippen LogP contribution in [0.3, 0.4) is 0 Å². The summed E-state index contributed by atoms with van der Waals surface area (Å²) in [6.07, 6.45) is 1.75. The molecule has 2 rings (SSSR count). The van der Waals surface area contributed by atoms with Crippen molar-refractivity contribution in [2.24, 2.45) is 4.99 Å². The molecule has 0 unspecified atom stereocenters. The summed E-state index contributed by atoms with van der Waals surface area (Å²) >= 11 is 0. The second-order valence-electron chi connectivity index (χ2n) is 6.19. The number of nitrogens with one attached hydrogen (secondary N) is 2. The number of alkyl halides is 2. The van der Waals surface area contributed by atoms with Gasteiger partial charge in [-0.25, -0.2) is 4.98 Å². The van der Waals surface area contributed by atoms with E-state index in [1.165, 1.54) is 0 Å². The quantitative estimate of drug-likeness (QED) is 0.574. The molecule has 2 aromatic rings. The summed E-state index contributed by atoms with van der Waals surface area (Å²) < 4.78 is 29.7. The van der Waals surface area contributed by atoms with Gasteiger partial charge in [0.15, 0.2) is 5.96 Å². The Balaban J connectivity index is 1.98. The van der Waals surface area contributed by atoms with Gasteiger partial charge in [0.1, 0.15) is 11.6 Å². The fraction of sp³-hybridized carbons (Fsp3) is 0.368. The van der Waals surface area contributed by atoms with Gasteiger partial charge in [-0.3, -0.25) is 4.99 Å². The van der Waals surface area contributed by atoms with Crippen molar-refractivity contribution < 1.29 is 13.5 Å². The number of pyridine rings is 1. The lowest BCUT2D eigenvalue weighted by Crippen LogP contribution is -2.36. The number of hydrogen-bond donors (Lipinski definition) is 2. The third-order valence-electron chi connectivity index (χ3n) is 3.83. The van der Waals surface area contributed by atoms with Crippen LogP contribution in [0.25, 0.3) is 0 Å². The predicted molar refractivity (Wildman–Crippen MR) is 103 cm³/mol. The molecular formula is C19H25F2N5O. The molecule has 0 spiro atoms. The van der Waals surface area contributed by atoms with Crippen LogP contribution >= 0.6 is 0 Å². The molecule has 0 aliphatic carbocycles. The summed E-state index contributed by atoms with van der Waals surface area (Å²) in [5, 5.41) is 6.32. The molecule has 6 nitrogen and oxygen atoms in total. The van der Waals surface area contributed by atoms with Crippen LogP contribution in [-0.2, 0) is 13.1 Å². The van der Waals surface area contributed by atoms with Gasteiger partial charge in [-0.05, 0) is 30.7 Å². The monoisotopic (exact) mass is 377 g/mol. The largest absolute Gasteiger partial charge is 0.434 e. The minimum absolute atomic E-state index is 0.156. The number of nitrogens with zero attached hydrogens (tertiary/aromatic N) is 3. The van der Waals surface area contributed by atoms with Crippen molar-refractivity contribution in [3.63, 3.8) is 0 Å². The third-order valence-corrected chi connectivity index (χ3v) is 3.83. The maximum Gasteiger partial charge on any atom is 0.387 e. The normalized spacial score (nSPS) is 11.4. The van der Waals surface area contributed by atoms with E-state index in [0.29, 0.717) is 24.6 Å². The molecule has 27 heavy (non-hydrogen) atoms. The lowest BCUT2D eigenvalue weighted by molar-refractivity contribution is -0.0504. The number of halogens is 2. The number of aromatic nitrogens is 1. The molecule has 0 radical (unpaired) electrons. The Labute approximate surface area is 158 Å². The van der Waals surface area contributed by atoms with E-state index in [2.05, 4.69) is 25.3 Å². The fourth-order valence-electron chi connectivity index (χ4n) is 2.46. The van der Waals surface area contributed by atoms with Crippen molar-refractivity contribution >= 4 is 11.8 Å². The number of benzene rings is 1. The van der Waals surface area contributed by atoms with E-state index >= 15 is 0 Å². The van der Waals surface area contributed by atoms with Crippen molar-refractivity contribution in [1.82, 2.24) is 15.6 Å². The average Bonchev–Trinajstić information content (AvgIpc) is 2.63. The van der Waals surface area contributed by atoms with E-state index in [9.17, 15) is 8.78 Å². The number of ether oxygens (including phenoxy) is 1. The second-order valence-corrected chi connectivity index (χ2v) is 6.19. The van der Waals surface area contributed by atoms with Gasteiger partial charge in [-0.15, -0.1) is 0 Å². The SMILES string of the molecule is CN=C(NCc1ccnc(N(C)C)c1)NCc1cc(C)ccc1OC(F)F. The summed E-state index contributed by atoms with van der Waals surface area (Å²) in [6, 6.07) is 9.00. The van der Waals surface area contributed by atoms with Crippen molar-refractivity contribution in [1.29, 1.82) is 0 Å². The number of aryl methyl sites for hydroxylation is 1. The molecule has 1 aromatic heterocycles. The van der Waals surface area contributed by atoms with Crippen molar-refractivity contribution in [3.05, 3.63) is 53.2 Å². The van der Waals surface area contributed by atoms with Crippen LogP contribution < -0.4 is 20.3 Å². The zero-order chi connectivity index (χ0) is 19.8. The van der Waals surface area contributed by atoms with Gasteiger partial charge in [-0.2, -0.15) is 8.78 Å². The molecule has 0 atom stereocenters. The molecule has 0 fully saturated rings. The Morgan fingerprint density at radius 1 is 1.19 bits per heavy atom. The first-order valence-electron chi connectivity index (χ1n) is 8.50. The predicted octanol–water partition coefficient (Wildman–Crippen LogP) is 2.92. The number of guanidine groups is 1. The molecular weight excluding hydrogens is 352 g/mol. The molecule has 0 amide bonds. The molecule has 2 N–H and O–H groups in total. The van der Waals surface area contributed by atoms with Crippen molar-refractivity contribution in [3.8, 4) is 5.75 Å². The number of anilines is 1. The minimum Gasteiger partial charge on any atom is -0.434 e. The van der Waals surface area contributed by atoms with E-state index < -0.39 is 6.61 Å². The van der Waals surface area contributed by atoms with Gasteiger partial charge in [0, 0.05) is 46.0 Å². The summed E-state index contributed by atoms with van der Waals surface area (Å²) in [4.78, 5) is 10.4. The first kappa shape index (κ1) is 20.4. The van der Waals surface area contributed by atoms with Gasteiger partial charge in [-0.1, -0.05) is 17.7 Å². The van der Waals surface area contributed by atoms with Crippen molar-refractivity contribution in [2.75, 3.05) is 26.0 Å². The van der Waals surface area contributed by atoms with Gasteiger partial charge in [0.25, 0.3) is 0 Å². The zero-order valence-corrected chi connectivity index (χ0v) is 16.0. The van der Waals surface area contributed by atoms with E-state index in [-0.39, 0.29) is 5.75 Å². The van der Waals surface area contributed by atoms with Crippen LogP contribution in [0.4, 0.5) is 14.6 Å². The molecule has 8 heteroatoms. The number of aliphatic imine (C=N–C) groups is 1. The van der Waals surface area contributed by atoms with E-state index in [1.54, 1.807) is 25.4 Å². The summed E-state index contributed by atoms with van der Waals surface area (Å²) in [7, 11) is 5.52.